The number of quaternary nitrogens is 1. The average Bonchev–Trinajstić information content (AvgIpc) is 3.57. The van der Waals surface area contributed by atoms with Crippen LogP contribution < -0.4 is 5.23 Å². The lowest BCUT2D eigenvalue weighted by Crippen LogP contribution is -2.53. The van der Waals surface area contributed by atoms with Gasteiger partial charge in [0.2, 0.25) is 0 Å². The first kappa shape index (κ1) is 27.2. The van der Waals surface area contributed by atoms with Crippen LogP contribution in [0.15, 0.2) is 0 Å². The number of carbonyl (C=O) groups is 1. The fourth-order valence-corrected chi connectivity index (χ4v) is 3.80. The topological polar surface area (TPSA) is 120 Å². The molecule has 2 heterocycles. The van der Waals surface area contributed by atoms with E-state index in [9.17, 15) is 9.82 Å². The van der Waals surface area contributed by atoms with Crippen LogP contribution >= 0.6 is 0 Å². The quantitative estimate of drug-likeness (QED) is 0.0527. The van der Waals surface area contributed by atoms with Crippen LogP contribution in [0.4, 0.5) is 0 Å². The van der Waals surface area contributed by atoms with E-state index in [-0.39, 0.29) is 20.1 Å². The highest BCUT2D eigenvalue weighted by Crippen LogP contribution is 2.27. The second-order valence-electron chi connectivity index (χ2n) is 9.84. The number of ether oxygens (including phenoxy) is 1. The molecule has 2 atom stereocenters. The normalized spacial score (nSPS) is 18.1. The Morgan fingerprint density at radius 1 is 1.34 bits per heavy atom. The monoisotopic (exact) mass is 450 g/mol. The van der Waals surface area contributed by atoms with E-state index in [1.54, 1.807) is 14.3 Å². The third-order valence-electron chi connectivity index (χ3n) is 5.55. The van der Waals surface area contributed by atoms with Gasteiger partial charge in [0, 0.05) is 12.9 Å². The molecule has 1 radical (unpaired) electrons. The zero-order valence-corrected chi connectivity index (χ0v) is 20.2. The van der Waals surface area contributed by atoms with Gasteiger partial charge in [-0.2, -0.15) is 0 Å². The molecular formula is C18H38B4N4O6+. The lowest BCUT2D eigenvalue weighted by molar-refractivity contribution is -0.906. The second kappa shape index (κ2) is 12.4. The largest absolute Gasteiger partial charge is 0.556 e. The smallest absolute Gasteiger partial charge is 0.398 e. The minimum atomic E-state index is -0.558. The zero-order chi connectivity index (χ0) is 23.8. The van der Waals surface area contributed by atoms with Crippen molar-refractivity contribution in [2.75, 3.05) is 46.2 Å². The number of nitrogens with one attached hydrogen (secondary N) is 2. The Balaban J connectivity index is 1.98. The molecule has 0 spiro atoms. The second-order valence-corrected chi connectivity index (χ2v) is 9.84. The van der Waals surface area contributed by atoms with Crippen molar-refractivity contribution >= 4 is 41.0 Å². The molecule has 0 aromatic heterocycles. The zero-order valence-electron chi connectivity index (χ0n) is 20.2. The number of nitrogens with zero attached hydrogens (tertiary/aromatic N) is 2. The van der Waals surface area contributed by atoms with Crippen molar-refractivity contribution in [2.24, 2.45) is 0 Å². The first-order valence-corrected chi connectivity index (χ1v) is 11.5. The van der Waals surface area contributed by atoms with Gasteiger partial charge in [-0.05, 0) is 40.4 Å². The molecule has 32 heavy (non-hydrogen) atoms. The molecular weight excluding hydrogens is 411 g/mol. The molecule has 0 bridgehead atoms. The van der Waals surface area contributed by atoms with Crippen molar-refractivity contribution in [3.63, 3.8) is 0 Å². The van der Waals surface area contributed by atoms with E-state index in [0.717, 1.165) is 36.9 Å². The standard InChI is InChI=1S/C18H38B4N4O6/c1-18(2,3)32-17(27)16(25(21-13-30-21)22-14-31-22)7-6-10-26(5,11-8-19-29-15-23)12-9-24-20(4)28/h15-16,23-24,28H,6-14H2,1-5H3/q+1/t16-,26?/m0/s1. The van der Waals surface area contributed by atoms with E-state index in [0.29, 0.717) is 32.3 Å². The van der Waals surface area contributed by atoms with Gasteiger partial charge in [0.25, 0.3) is 0 Å². The van der Waals surface area contributed by atoms with E-state index in [1.165, 1.54) is 0 Å². The number of likely N-dealkylation sites (N-methyl/N-ethyl adjacent to an activating group) is 1. The maximum atomic E-state index is 13.1. The van der Waals surface area contributed by atoms with E-state index in [1.807, 2.05) is 25.5 Å². The highest BCUT2D eigenvalue weighted by atomic mass is 16.6. The summed E-state index contributed by atoms with van der Waals surface area (Å²) in [4.78, 5) is 13.1. The molecule has 3 N–H and O–H groups in total. The lowest BCUT2D eigenvalue weighted by atomic mass is 9.74. The van der Waals surface area contributed by atoms with Crippen LogP contribution in [0.2, 0.25) is 13.1 Å². The summed E-state index contributed by atoms with van der Waals surface area (Å²) in [6.07, 6.45) is 3.08. The predicted molar refractivity (Wildman–Crippen MR) is 127 cm³/mol. The van der Waals surface area contributed by atoms with Gasteiger partial charge in [-0.1, -0.05) is 0 Å². The van der Waals surface area contributed by atoms with Crippen LogP contribution in [-0.4, -0.2) is 113 Å². The molecule has 0 aromatic rings. The third kappa shape index (κ3) is 10.3. The van der Waals surface area contributed by atoms with Gasteiger partial charge in [0.1, 0.15) is 12.0 Å². The van der Waals surface area contributed by atoms with Crippen LogP contribution in [0.3, 0.4) is 0 Å². The van der Waals surface area contributed by atoms with Crippen LogP contribution in [0, 0.1) is 5.41 Å². The van der Waals surface area contributed by atoms with E-state index in [2.05, 4.69) is 12.3 Å². The van der Waals surface area contributed by atoms with Crippen LogP contribution in [0.25, 0.3) is 0 Å². The van der Waals surface area contributed by atoms with Crippen LogP contribution in [-0.2, 0) is 23.5 Å². The molecule has 2 rings (SSSR count). The maximum absolute atomic E-state index is 13.1. The Kier molecular flexibility index (Phi) is 10.6. The van der Waals surface area contributed by atoms with Crippen molar-refractivity contribution in [1.82, 2.24) is 9.95 Å². The molecule has 0 amide bonds. The minimum Gasteiger partial charge on any atom is -0.556 e. The van der Waals surface area contributed by atoms with E-state index >= 15 is 0 Å². The Labute approximate surface area is 194 Å². The van der Waals surface area contributed by atoms with Gasteiger partial charge in [-0.25, -0.2) is 0 Å². The van der Waals surface area contributed by atoms with Crippen molar-refractivity contribution in [3.8, 4) is 0 Å². The SMILES string of the molecule is CB(O)NCC[N+](C)(CC[B]OC=N)CCC[C@@H](C(=O)OC(C)(C)C)N(B1CO1)B1CO1. The number of hydrogen-bond donors (Lipinski definition) is 3. The molecule has 2 saturated heterocycles. The van der Waals surface area contributed by atoms with Crippen LogP contribution in [0.5, 0.6) is 0 Å². The molecule has 0 saturated carbocycles. The number of rotatable bonds is 17. The average molecular weight is 450 g/mol. The van der Waals surface area contributed by atoms with Crippen LogP contribution in [0.1, 0.15) is 33.6 Å². The predicted octanol–water partition coefficient (Wildman–Crippen LogP) is -0.298. The Hall–Kier alpha value is -1.04. The Morgan fingerprint density at radius 2 is 1.97 bits per heavy atom. The van der Waals surface area contributed by atoms with E-state index < -0.39 is 18.7 Å². The van der Waals surface area contributed by atoms with Crippen molar-refractivity contribution < 1.29 is 33.0 Å². The minimum absolute atomic E-state index is 0.0796. The highest BCUT2D eigenvalue weighted by molar-refractivity contribution is 6.74. The maximum Gasteiger partial charge on any atom is 0.398 e. The lowest BCUT2D eigenvalue weighted by Gasteiger charge is -2.36. The first-order chi connectivity index (χ1) is 15.0. The molecule has 1 unspecified atom stereocenters. The Morgan fingerprint density at radius 3 is 2.47 bits per heavy atom. The summed E-state index contributed by atoms with van der Waals surface area (Å²) < 4.78 is 24.4. The molecule has 14 heteroatoms. The summed E-state index contributed by atoms with van der Waals surface area (Å²) in [6, 6.07) is -0.411. The van der Waals surface area contributed by atoms with Crippen molar-refractivity contribution in [3.05, 3.63) is 0 Å². The first-order valence-electron chi connectivity index (χ1n) is 11.5. The fraction of sp³-hybridized carbons (Fsp3) is 0.889. The van der Waals surface area contributed by atoms with E-state index in [4.69, 9.17) is 24.1 Å². The summed E-state index contributed by atoms with van der Waals surface area (Å²) in [7, 11) is 3.08. The number of hydrogen-bond acceptors (Lipinski definition) is 9. The summed E-state index contributed by atoms with van der Waals surface area (Å²) in [5, 5.41) is 19.6. The molecule has 2 aliphatic rings. The molecule has 177 valence electrons. The van der Waals surface area contributed by atoms with Gasteiger partial charge in [-0.3, -0.25) is 10.2 Å². The fourth-order valence-electron chi connectivity index (χ4n) is 3.80. The Bertz CT molecular complexity index is 595. The van der Waals surface area contributed by atoms with Gasteiger partial charge in [-0.15, -0.1) is 0 Å². The van der Waals surface area contributed by atoms with Gasteiger partial charge < -0.3 is 38.2 Å². The molecule has 10 nitrogen and oxygen atoms in total. The summed E-state index contributed by atoms with van der Waals surface area (Å²) >= 11 is 0. The van der Waals surface area contributed by atoms with Gasteiger partial charge >= 0.3 is 34.6 Å². The van der Waals surface area contributed by atoms with Gasteiger partial charge in [0.05, 0.1) is 45.7 Å². The number of esters is 1. The van der Waals surface area contributed by atoms with Crippen molar-refractivity contribution in [1.29, 1.82) is 5.41 Å². The molecule has 0 aromatic carbocycles. The third-order valence-corrected chi connectivity index (χ3v) is 5.55. The van der Waals surface area contributed by atoms with Gasteiger partial charge in [0.15, 0.2) is 0 Å². The summed E-state index contributed by atoms with van der Waals surface area (Å²) in [5.41, 5.74) is -0.558. The summed E-state index contributed by atoms with van der Waals surface area (Å²) in [5.74, 6) is -0.235. The molecule has 2 fully saturated rings. The molecule has 0 aliphatic carbocycles. The van der Waals surface area contributed by atoms with Crippen molar-refractivity contribution in [2.45, 2.75) is 58.4 Å². The molecule has 2 aliphatic heterocycles. The number of carbonyl (C=O) groups excluding carboxylic acids is 1. The highest BCUT2D eigenvalue weighted by Gasteiger charge is 2.54. The summed E-state index contributed by atoms with van der Waals surface area (Å²) in [6.45, 7) is 11.7.